The second-order valence-corrected chi connectivity index (χ2v) is 4.86. The van der Waals surface area contributed by atoms with Crippen LogP contribution < -0.4 is 9.47 Å². The van der Waals surface area contributed by atoms with E-state index in [0.29, 0.717) is 5.88 Å². The van der Waals surface area contributed by atoms with Crippen LogP contribution in [-0.2, 0) is 0 Å². The van der Waals surface area contributed by atoms with Crippen molar-refractivity contribution in [1.29, 1.82) is 0 Å². The fraction of sp³-hybridized carbons (Fsp3) is 0.688. The van der Waals surface area contributed by atoms with Gasteiger partial charge >= 0.3 is 0 Å². The number of hydrogen-bond donors (Lipinski definition) is 0. The Hall–Kier alpha value is -1.25. The molecule has 108 valence electrons. The lowest BCUT2D eigenvalue weighted by molar-refractivity contribution is 0.301. The molecule has 0 amide bonds. The summed E-state index contributed by atoms with van der Waals surface area (Å²) in [4.78, 5) is 4.05. The van der Waals surface area contributed by atoms with Crippen molar-refractivity contribution in [2.75, 3.05) is 13.7 Å². The predicted octanol–water partition coefficient (Wildman–Crippen LogP) is 4.61. The zero-order chi connectivity index (χ0) is 13.8. The van der Waals surface area contributed by atoms with Gasteiger partial charge in [-0.05, 0) is 12.5 Å². The van der Waals surface area contributed by atoms with E-state index in [2.05, 4.69) is 11.9 Å². The average molecular weight is 265 g/mol. The monoisotopic (exact) mass is 265 g/mol. The molecule has 0 radical (unpaired) electrons. The number of methoxy groups -OCH3 is 1. The zero-order valence-electron chi connectivity index (χ0n) is 12.4. The molecule has 0 fully saturated rings. The SMILES string of the molecule is CCCCCCCCCCOc1ccnc(OC)c1. The van der Waals surface area contributed by atoms with Crippen LogP contribution in [0.2, 0.25) is 0 Å². The van der Waals surface area contributed by atoms with Gasteiger partial charge in [0.25, 0.3) is 0 Å². The molecule has 1 rings (SSSR count). The Morgan fingerprint density at radius 1 is 1.00 bits per heavy atom. The van der Waals surface area contributed by atoms with E-state index in [9.17, 15) is 0 Å². The lowest BCUT2D eigenvalue weighted by atomic mass is 10.1. The van der Waals surface area contributed by atoms with E-state index in [4.69, 9.17) is 9.47 Å². The van der Waals surface area contributed by atoms with Crippen LogP contribution in [0.3, 0.4) is 0 Å². The minimum absolute atomic E-state index is 0.605. The number of pyridine rings is 1. The highest BCUT2D eigenvalue weighted by Crippen LogP contribution is 2.16. The number of aromatic nitrogens is 1. The Labute approximate surface area is 117 Å². The van der Waals surface area contributed by atoms with Crippen molar-refractivity contribution in [3.63, 3.8) is 0 Å². The van der Waals surface area contributed by atoms with E-state index in [1.807, 2.05) is 12.1 Å². The fourth-order valence-corrected chi connectivity index (χ4v) is 2.02. The summed E-state index contributed by atoms with van der Waals surface area (Å²) in [5, 5.41) is 0. The van der Waals surface area contributed by atoms with Crippen molar-refractivity contribution < 1.29 is 9.47 Å². The number of unbranched alkanes of at least 4 members (excludes halogenated alkanes) is 7. The number of ether oxygens (including phenoxy) is 2. The van der Waals surface area contributed by atoms with E-state index in [1.165, 1.54) is 44.9 Å². The highest BCUT2D eigenvalue weighted by molar-refractivity contribution is 5.25. The van der Waals surface area contributed by atoms with Crippen LogP contribution in [0.5, 0.6) is 11.6 Å². The van der Waals surface area contributed by atoms with E-state index in [1.54, 1.807) is 13.3 Å². The van der Waals surface area contributed by atoms with Crippen LogP contribution in [0.1, 0.15) is 58.3 Å². The standard InChI is InChI=1S/C16H27NO2/c1-3-4-5-6-7-8-9-10-13-19-15-11-12-17-16(14-15)18-2/h11-12,14H,3-10,13H2,1-2H3. The summed E-state index contributed by atoms with van der Waals surface area (Å²) < 4.78 is 10.7. The molecule has 0 atom stereocenters. The largest absolute Gasteiger partial charge is 0.493 e. The quantitative estimate of drug-likeness (QED) is 0.547. The molecule has 1 heterocycles. The summed E-state index contributed by atoms with van der Waals surface area (Å²) in [5.74, 6) is 1.45. The molecule has 0 bridgehead atoms. The van der Waals surface area contributed by atoms with E-state index >= 15 is 0 Å². The van der Waals surface area contributed by atoms with Crippen LogP contribution in [0.25, 0.3) is 0 Å². The van der Waals surface area contributed by atoms with Crippen LogP contribution in [0, 0.1) is 0 Å². The number of nitrogens with zero attached hydrogens (tertiary/aromatic N) is 1. The third-order valence-electron chi connectivity index (χ3n) is 3.18. The summed E-state index contributed by atoms with van der Waals surface area (Å²) in [6.45, 7) is 3.04. The number of rotatable bonds is 11. The molecule has 0 aliphatic heterocycles. The molecule has 0 spiro atoms. The van der Waals surface area contributed by atoms with Crippen molar-refractivity contribution >= 4 is 0 Å². The van der Waals surface area contributed by atoms with E-state index < -0.39 is 0 Å². The van der Waals surface area contributed by atoms with Crippen molar-refractivity contribution in [3.05, 3.63) is 18.3 Å². The first-order valence-corrected chi connectivity index (χ1v) is 7.49. The normalized spacial score (nSPS) is 10.4. The third kappa shape index (κ3) is 7.70. The summed E-state index contributed by atoms with van der Waals surface area (Å²) in [5.41, 5.74) is 0. The molecule has 0 saturated heterocycles. The highest BCUT2D eigenvalue weighted by Gasteiger charge is 1.97. The Balaban J connectivity index is 1.98. The highest BCUT2D eigenvalue weighted by atomic mass is 16.5. The number of hydrogen-bond acceptors (Lipinski definition) is 3. The van der Waals surface area contributed by atoms with Gasteiger partial charge in [0.1, 0.15) is 5.75 Å². The summed E-state index contributed by atoms with van der Waals surface area (Å²) in [7, 11) is 1.62. The van der Waals surface area contributed by atoms with Gasteiger partial charge in [-0.25, -0.2) is 4.98 Å². The first-order chi connectivity index (χ1) is 9.36. The van der Waals surface area contributed by atoms with Crippen LogP contribution >= 0.6 is 0 Å². The summed E-state index contributed by atoms with van der Waals surface area (Å²) in [6, 6.07) is 3.69. The van der Waals surface area contributed by atoms with Gasteiger partial charge in [-0.3, -0.25) is 0 Å². The van der Waals surface area contributed by atoms with Crippen LogP contribution in [0.4, 0.5) is 0 Å². The summed E-state index contributed by atoms with van der Waals surface area (Å²) in [6.07, 6.45) is 12.3. The van der Waals surface area contributed by atoms with Gasteiger partial charge in [0.15, 0.2) is 0 Å². The molecule has 3 nitrogen and oxygen atoms in total. The summed E-state index contributed by atoms with van der Waals surface area (Å²) >= 11 is 0. The third-order valence-corrected chi connectivity index (χ3v) is 3.18. The van der Waals surface area contributed by atoms with Gasteiger partial charge in [0, 0.05) is 12.3 Å². The molecular weight excluding hydrogens is 238 g/mol. The van der Waals surface area contributed by atoms with Gasteiger partial charge in [-0.15, -0.1) is 0 Å². The van der Waals surface area contributed by atoms with Gasteiger partial charge in [0.2, 0.25) is 5.88 Å². The van der Waals surface area contributed by atoms with Gasteiger partial charge in [0.05, 0.1) is 13.7 Å². The van der Waals surface area contributed by atoms with Gasteiger partial charge < -0.3 is 9.47 Å². The molecule has 1 aromatic heterocycles. The second-order valence-electron chi connectivity index (χ2n) is 4.86. The lowest BCUT2D eigenvalue weighted by Crippen LogP contribution is -1.98. The van der Waals surface area contributed by atoms with E-state index in [-0.39, 0.29) is 0 Å². The molecule has 0 aromatic carbocycles. The zero-order valence-corrected chi connectivity index (χ0v) is 12.4. The average Bonchev–Trinajstić information content (AvgIpc) is 2.46. The molecule has 0 aliphatic rings. The van der Waals surface area contributed by atoms with Crippen molar-refractivity contribution in [3.8, 4) is 11.6 Å². The fourth-order valence-electron chi connectivity index (χ4n) is 2.02. The minimum Gasteiger partial charge on any atom is -0.493 e. The lowest BCUT2D eigenvalue weighted by Gasteiger charge is -2.07. The van der Waals surface area contributed by atoms with E-state index in [0.717, 1.165) is 18.8 Å². The molecule has 0 unspecified atom stereocenters. The van der Waals surface area contributed by atoms with Gasteiger partial charge in [-0.1, -0.05) is 51.9 Å². The van der Waals surface area contributed by atoms with Crippen LogP contribution in [0.15, 0.2) is 18.3 Å². The molecule has 19 heavy (non-hydrogen) atoms. The Bertz CT molecular complexity index is 328. The van der Waals surface area contributed by atoms with Crippen molar-refractivity contribution in [2.45, 2.75) is 58.3 Å². The first-order valence-electron chi connectivity index (χ1n) is 7.49. The predicted molar refractivity (Wildman–Crippen MR) is 78.9 cm³/mol. The maximum atomic E-state index is 5.67. The van der Waals surface area contributed by atoms with Gasteiger partial charge in [-0.2, -0.15) is 0 Å². The molecule has 0 saturated carbocycles. The Morgan fingerprint density at radius 2 is 1.68 bits per heavy atom. The second kappa shape index (κ2) is 10.7. The molecular formula is C16H27NO2. The smallest absolute Gasteiger partial charge is 0.216 e. The molecule has 0 N–H and O–H groups in total. The maximum Gasteiger partial charge on any atom is 0.216 e. The maximum absolute atomic E-state index is 5.67. The topological polar surface area (TPSA) is 31.4 Å². The molecule has 1 aromatic rings. The minimum atomic E-state index is 0.605. The first kappa shape index (κ1) is 15.8. The van der Waals surface area contributed by atoms with Crippen LogP contribution in [-0.4, -0.2) is 18.7 Å². The Morgan fingerprint density at radius 3 is 2.37 bits per heavy atom. The van der Waals surface area contributed by atoms with Crippen molar-refractivity contribution in [1.82, 2.24) is 4.98 Å². The Kier molecular flexibility index (Phi) is 8.86. The molecule has 3 heteroatoms. The van der Waals surface area contributed by atoms with Crippen molar-refractivity contribution in [2.24, 2.45) is 0 Å². The molecule has 0 aliphatic carbocycles.